The van der Waals surface area contributed by atoms with Crippen molar-refractivity contribution in [1.29, 1.82) is 0 Å². The van der Waals surface area contributed by atoms with Crippen LogP contribution >= 0.6 is 11.3 Å². The van der Waals surface area contributed by atoms with Gasteiger partial charge >= 0.3 is 5.97 Å². The predicted octanol–water partition coefficient (Wildman–Crippen LogP) is 2.56. The maximum absolute atomic E-state index is 12.9. The normalized spacial score (nSPS) is 18.5. The van der Waals surface area contributed by atoms with E-state index in [1.165, 1.54) is 18.4 Å². The fourth-order valence-corrected chi connectivity index (χ4v) is 4.81. The van der Waals surface area contributed by atoms with Crippen molar-refractivity contribution in [3.05, 3.63) is 40.4 Å². The molecule has 4 rings (SSSR count). The molecule has 0 atom stereocenters. The summed E-state index contributed by atoms with van der Waals surface area (Å²) < 4.78 is 11.0. The van der Waals surface area contributed by atoms with Gasteiger partial charge in [-0.1, -0.05) is 6.07 Å². The van der Waals surface area contributed by atoms with Crippen LogP contribution < -0.4 is 10.2 Å². The second-order valence-corrected chi connectivity index (χ2v) is 9.61. The molecule has 2 fully saturated rings. The molecular formula is C23H30N4O6S. The van der Waals surface area contributed by atoms with Crippen LogP contribution in [-0.2, 0) is 25.8 Å². The van der Waals surface area contributed by atoms with Gasteiger partial charge in [0.2, 0.25) is 0 Å². The standard InChI is InChI=1S/C23H30N4O6S/c1-23(2)15-32-11-8-27(23)13-16-4-5-18(17(12-16)21(29)33-30-3)24-20(28)19-14-34-22(25-19)26-6-9-31-10-7-26/h4-5,12,14H,6-11,13,15H2,1-3H3,(H,24,28). The van der Waals surface area contributed by atoms with Gasteiger partial charge in [0.25, 0.3) is 5.91 Å². The third kappa shape index (κ3) is 5.73. The molecule has 1 amide bonds. The minimum absolute atomic E-state index is 0.124. The van der Waals surface area contributed by atoms with Crippen molar-refractivity contribution in [2.45, 2.75) is 25.9 Å². The van der Waals surface area contributed by atoms with Crippen molar-refractivity contribution >= 4 is 34.0 Å². The molecule has 0 bridgehead atoms. The molecule has 1 aromatic carbocycles. The Bertz CT molecular complexity index is 1020. The van der Waals surface area contributed by atoms with E-state index in [1.54, 1.807) is 17.5 Å². The van der Waals surface area contributed by atoms with E-state index in [4.69, 9.17) is 14.4 Å². The molecular weight excluding hydrogens is 460 g/mol. The summed E-state index contributed by atoms with van der Waals surface area (Å²) in [5.74, 6) is -1.09. The predicted molar refractivity (Wildman–Crippen MR) is 127 cm³/mol. The zero-order valence-electron chi connectivity index (χ0n) is 19.7. The number of ether oxygens (including phenoxy) is 2. The Balaban J connectivity index is 1.51. The zero-order chi connectivity index (χ0) is 24.1. The van der Waals surface area contributed by atoms with Crippen LogP contribution in [0.15, 0.2) is 23.6 Å². The lowest BCUT2D eigenvalue weighted by molar-refractivity contribution is -0.216. The highest BCUT2D eigenvalue weighted by atomic mass is 32.1. The average molecular weight is 491 g/mol. The number of carbonyl (C=O) groups is 2. The largest absolute Gasteiger partial charge is 0.378 e. The average Bonchev–Trinajstić information content (AvgIpc) is 3.33. The van der Waals surface area contributed by atoms with Gasteiger partial charge in [0, 0.05) is 37.1 Å². The van der Waals surface area contributed by atoms with Crippen molar-refractivity contribution in [1.82, 2.24) is 9.88 Å². The molecule has 1 N–H and O–H groups in total. The number of thiazole rings is 1. The molecule has 34 heavy (non-hydrogen) atoms. The fraction of sp³-hybridized carbons (Fsp3) is 0.522. The van der Waals surface area contributed by atoms with Crippen LogP contribution in [0.4, 0.5) is 10.8 Å². The lowest BCUT2D eigenvalue weighted by Gasteiger charge is -2.42. The molecule has 2 aliphatic rings. The van der Waals surface area contributed by atoms with Crippen LogP contribution in [-0.4, -0.2) is 80.5 Å². The second-order valence-electron chi connectivity index (χ2n) is 8.77. The smallest absolute Gasteiger partial charge is 0.375 e. The molecule has 0 spiro atoms. The summed E-state index contributed by atoms with van der Waals surface area (Å²) in [6, 6.07) is 5.33. The first-order valence-corrected chi connectivity index (χ1v) is 12.1. The number of rotatable bonds is 7. The fourth-order valence-electron chi connectivity index (χ4n) is 3.95. The summed E-state index contributed by atoms with van der Waals surface area (Å²) in [7, 11) is 1.26. The van der Waals surface area contributed by atoms with Crippen molar-refractivity contribution in [3.63, 3.8) is 0 Å². The Morgan fingerprint density at radius 2 is 1.94 bits per heavy atom. The number of hydrogen-bond donors (Lipinski definition) is 1. The molecule has 0 aliphatic carbocycles. The first-order chi connectivity index (χ1) is 16.4. The van der Waals surface area contributed by atoms with Gasteiger partial charge in [0.05, 0.1) is 44.8 Å². The van der Waals surface area contributed by atoms with Crippen LogP contribution in [0.1, 0.15) is 40.3 Å². The Kier molecular flexibility index (Phi) is 7.79. The van der Waals surface area contributed by atoms with Gasteiger partial charge in [-0.15, -0.1) is 11.3 Å². The van der Waals surface area contributed by atoms with E-state index in [0.29, 0.717) is 38.7 Å². The maximum atomic E-state index is 12.9. The van der Waals surface area contributed by atoms with Gasteiger partial charge in [-0.05, 0) is 31.5 Å². The molecule has 2 aliphatic heterocycles. The van der Waals surface area contributed by atoms with Gasteiger partial charge in [-0.2, -0.15) is 4.89 Å². The van der Waals surface area contributed by atoms with Crippen LogP contribution in [0, 0.1) is 0 Å². The van der Waals surface area contributed by atoms with Crippen molar-refractivity contribution in [3.8, 4) is 0 Å². The number of aromatic nitrogens is 1. The highest BCUT2D eigenvalue weighted by molar-refractivity contribution is 7.14. The van der Waals surface area contributed by atoms with Crippen LogP contribution in [0.2, 0.25) is 0 Å². The number of morpholine rings is 2. The number of carbonyl (C=O) groups excluding carboxylic acids is 2. The lowest BCUT2D eigenvalue weighted by Crippen LogP contribution is -2.52. The number of amides is 1. The minimum Gasteiger partial charge on any atom is -0.378 e. The summed E-state index contributed by atoms with van der Waals surface area (Å²) in [6.45, 7) is 9.73. The molecule has 0 saturated carbocycles. The molecule has 1 aromatic heterocycles. The highest BCUT2D eigenvalue weighted by Crippen LogP contribution is 2.26. The quantitative estimate of drug-likeness (QED) is 0.463. The monoisotopic (exact) mass is 490 g/mol. The maximum Gasteiger partial charge on any atom is 0.375 e. The third-order valence-electron chi connectivity index (χ3n) is 5.91. The number of nitrogens with zero attached hydrogens (tertiary/aromatic N) is 3. The van der Waals surface area contributed by atoms with E-state index in [1.807, 2.05) is 6.07 Å². The topological polar surface area (TPSA) is 102 Å². The molecule has 2 saturated heterocycles. The molecule has 3 heterocycles. The van der Waals surface area contributed by atoms with Gasteiger partial charge in [0.15, 0.2) is 5.13 Å². The van der Waals surface area contributed by atoms with Crippen molar-refractivity contribution in [2.75, 3.05) is 63.4 Å². The van der Waals surface area contributed by atoms with Crippen LogP contribution in [0.3, 0.4) is 0 Å². The van der Waals surface area contributed by atoms with Gasteiger partial charge in [-0.3, -0.25) is 14.6 Å². The lowest BCUT2D eigenvalue weighted by atomic mass is 10.0. The Morgan fingerprint density at radius 1 is 1.18 bits per heavy atom. The highest BCUT2D eigenvalue weighted by Gasteiger charge is 2.30. The molecule has 0 unspecified atom stereocenters. The number of anilines is 2. The number of benzene rings is 1. The molecule has 10 nitrogen and oxygen atoms in total. The first kappa shape index (κ1) is 24.6. The minimum atomic E-state index is -0.687. The van der Waals surface area contributed by atoms with Gasteiger partial charge in [0.1, 0.15) is 5.69 Å². The second kappa shape index (κ2) is 10.8. The SMILES string of the molecule is COOC(=O)c1cc(CN2CCOCC2(C)C)ccc1NC(=O)c1csc(N2CCOCC2)n1. The number of nitrogens with one attached hydrogen (secondary N) is 1. The molecule has 0 radical (unpaired) electrons. The Hall–Kier alpha value is -2.57. The zero-order valence-corrected chi connectivity index (χ0v) is 20.5. The van der Waals surface area contributed by atoms with Crippen molar-refractivity contribution < 1.29 is 28.8 Å². The van der Waals surface area contributed by atoms with Gasteiger partial charge in [-0.25, -0.2) is 9.78 Å². The van der Waals surface area contributed by atoms with E-state index in [0.717, 1.165) is 30.3 Å². The van der Waals surface area contributed by atoms with E-state index >= 15 is 0 Å². The summed E-state index contributed by atoms with van der Waals surface area (Å²) in [4.78, 5) is 43.7. The third-order valence-corrected chi connectivity index (χ3v) is 6.81. The summed E-state index contributed by atoms with van der Waals surface area (Å²) in [5, 5.41) is 5.29. The van der Waals surface area contributed by atoms with Crippen LogP contribution in [0.5, 0.6) is 0 Å². The van der Waals surface area contributed by atoms with Crippen molar-refractivity contribution in [2.24, 2.45) is 0 Å². The van der Waals surface area contributed by atoms with E-state index in [-0.39, 0.29) is 16.8 Å². The van der Waals surface area contributed by atoms with E-state index in [9.17, 15) is 9.59 Å². The first-order valence-electron chi connectivity index (χ1n) is 11.2. The Morgan fingerprint density at radius 3 is 2.68 bits per heavy atom. The molecule has 184 valence electrons. The van der Waals surface area contributed by atoms with E-state index < -0.39 is 11.9 Å². The summed E-state index contributed by atoms with van der Waals surface area (Å²) in [5.41, 5.74) is 1.62. The van der Waals surface area contributed by atoms with Gasteiger partial charge < -0.3 is 19.7 Å². The summed E-state index contributed by atoms with van der Waals surface area (Å²) >= 11 is 1.41. The molecule has 2 aromatic rings. The van der Waals surface area contributed by atoms with E-state index in [2.05, 4.69) is 38.8 Å². The van der Waals surface area contributed by atoms with Crippen LogP contribution in [0.25, 0.3) is 0 Å². The molecule has 11 heteroatoms. The number of hydrogen-bond acceptors (Lipinski definition) is 10. The summed E-state index contributed by atoms with van der Waals surface area (Å²) in [6.07, 6.45) is 0. The Labute approximate surface area is 202 Å².